The van der Waals surface area contributed by atoms with E-state index in [1.807, 2.05) is 32.0 Å². The van der Waals surface area contributed by atoms with Crippen molar-refractivity contribution in [2.24, 2.45) is 5.10 Å². The number of hydrogen-bond donors (Lipinski definition) is 0. The average molecular weight is 416 g/mol. The Morgan fingerprint density at radius 3 is 2.52 bits per heavy atom. The number of rotatable bonds is 4. The molecule has 0 atom stereocenters. The average Bonchev–Trinajstić information content (AvgIpc) is 3.30. The fourth-order valence-electron chi connectivity index (χ4n) is 3.26. The van der Waals surface area contributed by atoms with Crippen LogP contribution in [-0.4, -0.2) is 16.5 Å². The first-order valence-electron chi connectivity index (χ1n) is 9.49. The molecule has 0 saturated heterocycles. The van der Waals surface area contributed by atoms with Gasteiger partial charge in [0.1, 0.15) is 11.5 Å². The lowest BCUT2D eigenvalue weighted by molar-refractivity contribution is -0.385. The molecule has 0 radical (unpaired) electrons. The van der Waals surface area contributed by atoms with Crippen LogP contribution in [0.4, 0.5) is 11.4 Å². The predicted octanol–water partition coefficient (Wildman–Crippen LogP) is 4.35. The largest absolute Gasteiger partial charge is 0.872 e. The molecule has 0 spiro atoms. The summed E-state index contributed by atoms with van der Waals surface area (Å²) in [6, 6.07) is 12.3. The molecule has 0 bridgehead atoms. The third kappa shape index (κ3) is 3.71. The molecule has 0 fully saturated rings. The number of anilines is 1. The van der Waals surface area contributed by atoms with Crippen molar-refractivity contribution >= 4 is 29.1 Å². The Morgan fingerprint density at radius 1 is 1.03 bits per heavy atom. The highest BCUT2D eigenvalue weighted by molar-refractivity contribution is 6.32. The van der Waals surface area contributed by atoms with E-state index in [-0.39, 0.29) is 22.9 Å². The highest BCUT2D eigenvalue weighted by atomic mass is 16.6. The lowest BCUT2D eigenvalue weighted by Gasteiger charge is -2.13. The van der Waals surface area contributed by atoms with Crippen molar-refractivity contribution in [2.75, 3.05) is 5.01 Å². The molecule has 0 saturated carbocycles. The van der Waals surface area contributed by atoms with Crippen LogP contribution >= 0.6 is 0 Å². The van der Waals surface area contributed by atoms with Gasteiger partial charge in [0.15, 0.2) is 0 Å². The van der Waals surface area contributed by atoms with E-state index in [1.54, 1.807) is 25.1 Å². The number of nitro benzene ring substituents is 1. The third-order valence-electron chi connectivity index (χ3n) is 5.15. The number of benzene rings is 2. The summed E-state index contributed by atoms with van der Waals surface area (Å²) in [5.74, 6) is -0.166. The first-order valence-corrected chi connectivity index (χ1v) is 9.49. The SMILES string of the molecule is CC1=NN(c2ccc(C)c(C)c2)C(=O)/C1=C/c1ccc(-c2cc([N+](=O)[O-])ccc2[O-])o1. The van der Waals surface area contributed by atoms with Crippen molar-refractivity contribution < 1.29 is 19.2 Å². The zero-order valence-electron chi connectivity index (χ0n) is 17.1. The van der Waals surface area contributed by atoms with Crippen molar-refractivity contribution in [2.45, 2.75) is 20.8 Å². The molecule has 1 amide bonds. The molecule has 2 heterocycles. The summed E-state index contributed by atoms with van der Waals surface area (Å²) in [5, 5.41) is 28.8. The Kier molecular flexibility index (Phi) is 4.90. The molecule has 0 unspecified atom stereocenters. The number of non-ortho nitro benzene ring substituents is 1. The molecule has 0 aliphatic carbocycles. The molecule has 1 aliphatic heterocycles. The fraction of sp³-hybridized carbons (Fsp3) is 0.130. The minimum atomic E-state index is -0.576. The number of hydrogen-bond acceptors (Lipinski definition) is 6. The zero-order chi connectivity index (χ0) is 22.3. The number of amides is 1. The number of carbonyl (C=O) groups is 1. The minimum absolute atomic E-state index is 0.0822. The van der Waals surface area contributed by atoms with Gasteiger partial charge in [-0.1, -0.05) is 17.9 Å². The van der Waals surface area contributed by atoms with E-state index in [9.17, 15) is 20.0 Å². The summed E-state index contributed by atoms with van der Waals surface area (Å²) in [6.45, 7) is 5.69. The Labute approximate surface area is 177 Å². The van der Waals surface area contributed by atoms with Crippen LogP contribution in [0.25, 0.3) is 17.4 Å². The summed E-state index contributed by atoms with van der Waals surface area (Å²) in [4.78, 5) is 23.4. The molecule has 3 aromatic rings. The summed E-state index contributed by atoms with van der Waals surface area (Å²) in [5.41, 5.74) is 3.61. The number of carbonyl (C=O) groups excluding carboxylic acids is 1. The lowest BCUT2D eigenvalue weighted by atomic mass is 10.1. The van der Waals surface area contributed by atoms with Crippen molar-refractivity contribution in [3.8, 4) is 17.1 Å². The fourth-order valence-corrected chi connectivity index (χ4v) is 3.26. The van der Waals surface area contributed by atoms with E-state index in [0.717, 1.165) is 23.3 Å². The highest BCUT2D eigenvalue weighted by Gasteiger charge is 2.29. The van der Waals surface area contributed by atoms with Gasteiger partial charge in [-0.05, 0) is 62.2 Å². The second-order valence-electron chi connectivity index (χ2n) is 7.27. The zero-order valence-corrected chi connectivity index (χ0v) is 17.1. The Bertz CT molecular complexity index is 1290. The molecule has 8 heteroatoms. The van der Waals surface area contributed by atoms with Crippen LogP contribution in [0.15, 0.2) is 63.6 Å². The van der Waals surface area contributed by atoms with Crippen LogP contribution in [-0.2, 0) is 4.79 Å². The molecule has 4 rings (SSSR count). The molecular weight excluding hydrogens is 398 g/mol. The molecule has 31 heavy (non-hydrogen) atoms. The summed E-state index contributed by atoms with van der Waals surface area (Å²) in [6.07, 6.45) is 1.55. The van der Waals surface area contributed by atoms with Crippen LogP contribution in [0.1, 0.15) is 23.8 Å². The van der Waals surface area contributed by atoms with Gasteiger partial charge in [0.05, 0.1) is 21.9 Å². The van der Waals surface area contributed by atoms with Crippen molar-refractivity contribution in [3.63, 3.8) is 0 Å². The van der Waals surface area contributed by atoms with Crippen molar-refractivity contribution in [3.05, 3.63) is 81.1 Å². The van der Waals surface area contributed by atoms with Crippen LogP contribution in [0, 0.1) is 24.0 Å². The maximum Gasteiger partial charge on any atom is 0.280 e. The molecule has 1 aliphatic rings. The molecule has 8 nitrogen and oxygen atoms in total. The smallest absolute Gasteiger partial charge is 0.280 e. The van der Waals surface area contributed by atoms with E-state index in [4.69, 9.17) is 4.42 Å². The van der Waals surface area contributed by atoms with Gasteiger partial charge < -0.3 is 9.52 Å². The number of nitrogens with zero attached hydrogens (tertiary/aromatic N) is 3. The Hall–Kier alpha value is -4.20. The standard InChI is InChI=1S/C23H19N3O5/c1-13-4-5-16(10-14(13)2)25-23(28)19(15(3)24-25)12-18-7-9-22(31-18)20-11-17(26(29)30)6-8-21(20)27/h4-12,27H,1-3H3/p-1/b19-12+. The van der Waals surface area contributed by atoms with E-state index in [2.05, 4.69) is 5.10 Å². The normalized spacial score (nSPS) is 14.9. The molecule has 2 aromatic carbocycles. The van der Waals surface area contributed by atoms with Gasteiger partial charge in [-0.2, -0.15) is 10.1 Å². The van der Waals surface area contributed by atoms with E-state index >= 15 is 0 Å². The maximum absolute atomic E-state index is 12.9. The number of hydrazone groups is 1. The monoisotopic (exact) mass is 416 g/mol. The second kappa shape index (κ2) is 7.56. The second-order valence-corrected chi connectivity index (χ2v) is 7.27. The lowest BCUT2D eigenvalue weighted by Crippen LogP contribution is -2.21. The number of nitro groups is 1. The van der Waals surface area contributed by atoms with Crippen LogP contribution in [0.3, 0.4) is 0 Å². The van der Waals surface area contributed by atoms with Gasteiger partial charge in [0.2, 0.25) is 0 Å². The van der Waals surface area contributed by atoms with E-state index in [0.29, 0.717) is 22.7 Å². The van der Waals surface area contributed by atoms with Gasteiger partial charge in [-0.3, -0.25) is 14.9 Å². The first-order chi connectivity index (χ1) is 14.7. The van der Waals surface area contributed by atoms with Crippen molar-refractivity contribution in [1.29, 1.82) is 0 Å². The van der Waals surface area contributed by atoms with Crippen LogP contribution in [0.5, 0.6) is 5.75 Å². The van der Waals surface area contributed by atoms with Crippen LogP contribution in [0.2, 0.25) is 0 Å². The molecular formula is C23H18N3O5-. The Morgan fingerprint density at radius 2 is 1.81 bits per heavy atom. The molecule has 0 N–H and O–H groups in total. The number of furan rings is 1. The summed E-state index contributed by atoms with van der Waals surface area (Å²) < 4.78 is 5.69. The van der Waals surface area contributed by atoms with Crippen molar-refractivity contribution in [1.82, 2.24) is 0 Å². The third-order valence-corrected chi connectivity index (χ3v) is 5.15. The minimum Gasteiger partial charge on any atom is -0.872 e. The van der Waals surface area contributed by atoms with E-state index in [1.165, 1.54) is 11.1 Å². The van der Waals surface area contributed by atoms with Gasteiger partial charge in [0.25, 0.3) is 11.6 Å². The topological polar surface area (TPSA) is 112 Å². The maximum atomic E-state index is 12.9. The van der Waals surface area contributed by atoms with Crippen LogP contribution < -0.4 is 10.1 Å². The molecule has 156 valence electrons. The predicted molar refractivity (Wildman–Crippen MR) is 115 cm³/mol. The molecule has 1 aromatic heterocycles. The van der Waals surface area contributed by atoms with Gasteiger partial charge in [-0.25, -0.2) is 0 Å². The Balaban J connectivity index is 1.65. The summed E-state index contributed by atoms with van der Waals surface area (Å²) in [7, 11) is 0. The quantitative estimate of drug-likeness (QED) is 0.356. The van der Waals surface area contributed by atoms with Gasteiger partial charge in [0, 0.05) is 17.7 Å². The first kappa shape index (κ1) is 20.1. The summed E-state index contributed by atoms with van der Waals surface area (Å²) >= 11 is 0. The van der Waals surface area contributed by atoms with E-state index < -0.39 is 10.7 Å². The van der Waals surface area contributed by atoms with Gasteiger partial charge >= 0.3 is 0 Å². The highest BCUT2D eigenvalue weighted by Crippen LogP contribution is 2.33. The van der Waals surface area contributed by atoms with Gasteiger partial charge in [-0.15, -0.1) is 0 Å². The number of aryl methyl sites for hydroxylation is 2.